The predicted molar refractivity (Wildman–Crippen MR) is 116 cm³/mol. The highest BCUT2D eigenvalue weighted by Crippen LogP contribution is 2.44. The summed E-state index contributed by atoms with van der Waals surface area (Å²) in [6.07, 6.45) is 7.02. The van der Waals surface area contributed by atoms with Crippen LogP contribution in [0, 0.1) is 29.2 Å². The third-order valence-corrected chi connectivity index (χ3v) is 7.78. The molecule has 0 nitrogen and oxygen atoms in total. The lowest BCUT2D eigenvalue weighted by atomic mass is 9.74. The molecule has 2 aromatic carbocycles. The molecule has 2 saturated carbocycles. The number of benzene rings is 2. The van der Waals surface area contributed by atoms with Crippen LogP contribution in [-0.2, 0) is 6.42 Å². The van der Waals surface area contributed by atoms with Crippen molar-refractivity contribution in [2.45, 2.75) is 89.4 Å². The molecule has 0 N–H and O–H groups in total. The summed E-state index contributed by atoms with van der Waals surface area (Å²) >= 11 is 0. The first kappa shape index (κ1) is 22.4. The molecule has 0 saturated heterocycles. The zero-order valence-electron chi connectivity index (χ0n) is 18.5. The van der Waals surface area contributed by atoms with Crippen molar-refractivity contribution in [3.63, 3.8) is 0 Å². The molecule has 2 aromatic rings. The van der Waals surface area contributed by atoms with Crippen LogP contribution in [0.3, 0.4) is 0 Å². The first-order chi connectivity index (χ1) is 14.9. The lowest BCUT2D eigenvalue weighted by molar-refractivity contribution is 0.336. The summed E-state index contributed by atoms with van der Waals surface area (Å²) in [7, 11) is 0. The Labute approximate surface area is 183 Å². The van der Waals surface area contributed by atoms with E-state index in [4.69, 9.17) is 0 Å². The van der Waals surface area contributed by atoms with Crippen LogP contribution in [0.2, 0.25) is 0 Å². The third kappa shape index (κ3) is 4.40. The largest absolute Gasteiger partial charge is 0.203 e. The van der Waals surface area contributed by atoms with E-state index >= 15 is 4.39 Å². The normalized spacial score (nSPS) is 26.8. The second-order valence-corrected chi connectivity index (χ2v) is 9.67. The summed E-state index contributed by atoms with van der Waals surface area (Å²) in [6, 6.07) is 6.92. The van der Waals surface area contributed by atoms with Crippen LogP contribution in [0.25, 0.3) is 0 Å². The Morgan fingerprint density at radius 3 is 1.35 bits per heavy atom. The Hall–Kier alpha value is -1.84. The van der Waals surface area contributed by atoms with E-state index in [1.54, 1.807) is 31.2 Å². The fraction of sp³-hybridized carbons (Fsp3) is 0.556. The molecule has 4 heteroatoms. The predicted octanol–water partition coefficient (Wildman–Crippen LogP) is 8.54. The topological polar surface area (TPSA) is 0 Å². The monoisotopic (exact) mass is 432 g/mol. The lowest BCUT2D eigenvalue weighted by Crippen LogP contribution is -2.17. The lowest BCUT2D eigenvalue weighted by Gasteiger charge is -2.31. The number of aryl methyl sites for hydroxylation is 1. The first-order valence-corrected chi connectivity index (χ1v) is 11.8. The fourth-order valence-corrected chi connectivity index (χ4v) is 5.69. The van der Waals surface area contributed by atoms with Crippen LogP contribution in [0.15, 0.2) is 24.3 Å². The van der Waals surface area contributed by atoms with E-state index < -0.39 is 23.3 Å². The molecule has 31 heavy (non-hydrogen) atoms. The third-order valence-electron chi connectivity index (χ3n) is 7.78. The highest BCUT2D eigenvalue weighted by molar-refractivity contribution is 5.33. The number of hydrogen-bond donors (Lipinski definition) is 0. The van der Waals surface area contributed by atoms with Crippen LogP contribution in [0.1, 0.15) is 105 Å². The molecule has 0 atom stereocenters. The zero-order chi connectivity index (χ0) is 22.1. The second-order valence-electron chi connectivity index (χ2n) is 9.67. The van der Waals surface area contributed by atoms with Gasteiger partial charge in [-0.1, -0.05) is 51.0 Å². The standard InChI is InChI=1S/C27H32F4/c1-3-17-12-13-21(25(29)24(17)28)19-8-10-20(11-9-19)23-15-14-22(26(30)27(23)31)18-6-4-16(2)5-7-18/h12-16,18-20H,3-11H2,1-2H3. The van der Waals surface area contributed by atoms with Gasteiger partial charge in [-0.05, 0) is 90.9 Å². The number of halogens is 4. The Morgan fingerprint density at radius 1 is 0.581 bits per heavy atom. The Bertz CT molecular complexity index is 919. The average Bonchev–Trinajstić information content (AvgIpc) is 2.78. The van der Waals surface area contributed by atoms with Gasteiger partial charge in [-0.25, -0.2) is 17.6 Å². The maximum Gasteiger partial charge on any atom is 0.162 e. The van der Waals surface area contributed by atoms with Crippen LogP contribution < -0.4 is 0 Å². The van der Waals surface area contributed by atoms with Crippen molar-refractivity contribution in [1.82, 2.24) is 0 Å². The van der Waals surface area contributed by atoms with Gasteiger partial charge >= 0.3 is 0 Å². The Morgan fingerprint density at radius 2 is 0.935 bits per heavy atom. The molecular weight excluding hydrogens is 400 g/mol. The number of rotatable bonds is 4. The summed E-state index contributed by atoms with van der Waals surface area (Å²) in [4.78, 5) is 0. The van der Waals surface area contributed by atoms with Gasteiger partial charge in [0.1, 0.15) is 0 Å². The van der Waals surface area contributed by atoms with Crippen LogP contribution in [0.4, 0.5) is 17.6 Å². The van der Waals surface area contributed by atoms with E-state index in [0.717, 1.165) is 25.7 Å². The molecule has 0 bridgehead atoms. The maximum absolute atomic E-state index is 15.0. The van der Waals surface area contributed by atoms with E-state index in [1.807, 2.05) is 0 Å². The van der Waals surface area contributed by atoms with Crippen molar-refractivity contribution in [3.05, 3.63) is 69.8 Å². The molecule has 0 heterocycles. The van der Waals surface area contributed by atoms with Crippen molar-refractivity contribution < 1.29 is 17.6 Å². The number of hydrogen-bond acceptors (Lipinski definition) is 0. The molecule has 0 aromatic heterocycles. The zero-order valence-corrected chi connectivity index (χ0v) is 18.5. The van der Waals surface area contributed by atoms with E-state index in [1.165, 1.54) is 0 Å². The minimum absolute atomic E-state index is 0.0750. The summed E-state index contributed by atoms with van der Waals surface area (Å²) < 4.78 is 58.7. The Balaban J connectivity index is 1.47. The van der Waals surface area contributed by atoms with Crippen LogP contribution >= 0.6 is 0 Å². The van der Waals surface area contributed by atoms with E-state index in [2.05, 4.69) is 6.92 Å². The van der Waals surface area contributed by atoms with Crippen molar-refractivity contribution in [3.8, 4) is 0 Å². The smallest absolute Gasteiger partial charge is 0.162 e. The minimum Gasteiger partial charge on any atom is -0.203 e. The van der Waals surface area contributed by atoms with Gasteiger partial charge in [0, 0.05) is 0 Å². The summed E-state index contributed by atoms with van der Waals surface area (Å²) in [5, 5.41) is 0. The Kier molecular flexibility index (Phi) is 6.74. The molecule has 0 amide bonds. The van der Waals surface area contributed by atoms with Crippen molar-refractivity contribution in [2.24, 2.45) is 5.92 Å². The van der Waals surface area contributed by atoms with E-state index in [0.29, 0.717) is 60.3 Å². The minimum atomic E-state index is -0.747. The second kappa shape index (κ2) is 9.34. The molecular formula is C27H32F4. The molecule has 0 unspecified atom stereocenters. The molecule has 0 aliphatic heterocycles. The van der Waals surface area contributed by atoms with Gasteiger partial charge in [-0.3, -0.25) is 0 Å². The molecule has 4 rings (SSSR count). The van der Waals surface area contributed by atoms with E-state index in [9.17, 15) is 13.2 Å². The maximum atomic E-state index is 15.0. The van der Waals surface area contributed by atoms with Crippen molar-refractivity contribution in [1.29, 1.82) is 0 Å². The SMILES string of the molecule is CCc1ccc(C2CCC(c3ccc(C4CCC(C)CC4)c(F)c3F)CC2)c(F)c1F. The highest BCUT2D eigenvalue weighted by Gasteiger charge is 2.30. The van der Waals surface area contributed by atoms with Crippen molar-refractivity contribution >= 4 is 0 Å². The van der Waals surface area contributed by atoms with E-state index in [-0.39, 0.29) is 17.8 Å². The summed E-state index contributed by atoms with van der Waals surface area (Å²) in [5.74, 6) is -2.25. The van der Waals surface area contributed by atoms with Gasteiger partial charge < -0.3 is 0 Å². The van der Waals surface area contributed by atoms with Gasteiger partial charge in [0.15, 0.2) is 23.3 Å². The molecule has 2 aliphatic carbocycles. The van der Waals surface area contributed by atoms with Gasteiger partial charge in [-0.2, -0.15) is 0 Å². The molecule has 168 valence electrons. The molecule has 0 spiro atoms. The van der Waals surface area contributed by atoms with Gasteiger partial charge in [0.2, 0.25) is 0 Å². The highest BCUT2D eigenvalue weighted by atomic mass is 19.2. The summed E-state index contributed by atoms with van der Waals surface area (Å²) in [5.41, 5.74) is 1.77. The van der Waals surface area contributed by atoms with Gasteiger partial charge in [0.05, 0.1) is 0 Å². The quantitative estimate of drug-likeness (QED) is 0.425. The molecule has 0 radical (unpaired) electrons. The van der Waals surface area contributed by atoms with Crippen LogP contribution in [0.5, 0.6) is 0 Å². The molecule has 2 fully saturated rings. The fourth-order valence-electron chi connectivity index (χ4n) is 5.69. The van der Waals surface area contributed by atoms with Gasteiger partial charge in [-0.15, -0.1) is 0 Å². The van der Waals surface area contributed by atoms with Crippen LogP contribution in [-0.4, -0.2) is 0 Å². The molecule has 2 aliphatic rings. The summed E-state index contributed by atoms with van der Waals surface area (Å²) in [6.45, 7) is 4.02. The van der Waals surface area contributed by atoms with Crippen molar-refractivity contribution in [2.75, 3.05) is 0 Å². The average molecular weight is 433 g/mol. The first-order valence-electron chi connectivity index (χ1n) is 11.8. The van der Waals surface area contributed by atoms with Gasteiger partial charge in [0.25, 0.3) is 0 Å².